The Labute approximate surface area is 123 Å². The van der Waals surface area contributed by atoms with Gasteiger partial charge in [-0.3, -0.25) is 4.98 Å². The van der Waals surface area contributed by atoms with Crippen molar-refractivity contribution in [3.63, 3.8) is 0 Å². The fraction of sp³-hybridized carbons (Fsp3) is 0.400. The molecule has 1 N–H and O–H groups in total. The average molecular weight is 295 g/mol. The largest absolute Gasteiger partial charge is 0.384 e. The van der Waals surface area contributed by atoms with E-state index < -0.39 is 0 Å². The van der Waals surface area contributed by atoms with Crippen molar-refractivity contribution in [2.24, 2.45) is 0 Å². The van der Waals surface area contributed by atoms with Crippen molar-refractivity contribution in [1.82, 2.24) is 4.98 Å². The van der Waals surface area contributed by atoms with E-state index in [9.17, 15) is 0 Å². The Morgan fingerprint density at radius 3 is 2.68 bits per heavy atom. The first-order valence-electron chi connectivity index (χ1n) is 6.75. The molecule has 1 aliphatic carbocycles. The van der Waals surface area contributed by atoms with Crippen LogP contribution in [-0.2, 0) is 12.8 Å². The van der Waals surface area contributed by atoms with Crippen LogP contribution in [0, 0.1) is 0 Å². The second-order valence-corrected chi connectivity index (χ2v) is 5.72. The third-order valence-electron chi connectivity index (χ3n) is 3.67. The molecule has 1 heterocycles. The lowest BCUT2D eigenvalue weighted by atomic mass is 9.92. The van der Waals surface area contributed by atoms with E-state index in [1.165, 1.54) is 24.1 Å². The predicted molar refractivity (Wildman–Crippen MR) is 82.6 cm³/mol. The minimum absolute atomic E-state index is 0.673. The lowest BCUT2D eigenvalue weighted by Gasteiger charge is -2.22. The van der Waals surface area contributed by atoms with Gasteiger partial charge in [-0.1, -0.05) is 23.2 Å². The topological polar surface area (TPSA) is 24.9 Å². The lowest BCUT2D eigenvalue weighted by Crippen LogP contribution is -2.11. The SMILES string of the molecule is CCNc1c2c(nc3c(Cl)ccc(Cl)c13)CCCC2. The van der Waals surface area contributed by atoms with Gasteiger partial charge in [0, 0.05) is 17.6 Å². The first kappa shape index (κ1) is 13.0. The zero-order valence-electron chi connectivity index (χ0n) is 10.9. The number of benzene rings is 1. The van der Waals surface area contributed by atoms with E-state index in [1.807, 2.05) is 12.1 Å². The van der Waals surface area contributed by atoms with Crippen LogP contribution in [0.1, 0.15) is 31.0 Å². The van der Waals surface area contributed by atoms with E-state index >= 15 is 0 Å². The van der Waals surface area contributed by atoms with Crippen LogP contribution in [0.25, 0.3) is 10.9 Å². The molecular formula is C15H16Cl2N2. The minimum Gasteiger partial charge on any atom is -0.384 e. The summed E-state index contributed by atoms with van der Waals surface area (Å²) < 4.78 is 0. The molecule has 0 fully saturated rings. The summed E-state index contributed by atoms with van der Waals surface area (Å²) in [6.45, 7) is 2.97. The second-order valence-electron chi connectivity index (χ2n) is 4.90. The lowest BCUT2D eigenvalue weighted by molar-refractivity contribution is 0.672. The van der Waals surface area contributed by atoms with Crippen molar-refractivity contribution < 1.29 is 0 Å². The summed E-state index contributed by atoms with van der Waals surface area (Å²) >= 11 is 12.7. The van der Waals surface area contributed by atoms with Crippen molar-refractivity contribution in [1.29, 1.82) is 0 Å². The van der Waals surface area contributed by atoms with Crippen LogP contribution in [0.5, 0.6) is 0 Å². The molecule has 0 aliphatic heterocycles. The summed E-state index contributed by atoms with van der Waals surface area (Å²) in [4.78, 5) is 4.76. The molecule has 0 radical (unpaired) electrons. The zero-order chi connectivity index (χ0) is 13.4. The molecular weight excluding hydrogens is 279 g/mol. The number of nitrogens with zero attached hydrogens (tertiary/aromatic N) is 1. The standard InChI is InChI=1S/C15H16Cl2N2/c1-2-18-14-9-5-3-4-6-12(9)19-15-11(17)8-7-10(16)13(14)15/h7-8H,2-6H2,1H3,(H,18,19). The van der Waals surface area contributed by atoms with Gasteiger partial charge in [-0.2, -0.15) is 0 Å². The normalized spacial score (nSPS) is 14.5. The number of fused-ring (bicyclic) bond motifs is 2. The van der Waals surface area contributed by atoms with Gasteiger partial charge < -0.3 is 5.32 Å². The second kappa shape index (κ2) is 5.18. The molecule has 1 aliphatic rings. The third-order valence-corrected chi connectivity index (χ3v) is 4.29. The first-order valence-corrected chi connectivity index (χ1v) is 7.51. The Kier molecular flexibility index (Phi) is 3.55. The maximum absolute atomic E-state index is 6.37. The Bertz CT molecular complexity index is 638. The van der Waals surface area contributed by atoms with E-state index in [0.29, 0.717) is 5.02 Å². The number of hydrogen-bond acceptors (Lipinski definition) is 2. The number of rotatable bonds is 2. The molecule has 4 heteroatoms. The fourth-order valence-electron chi connectivity index (χ4n) is 2.83. The maximum atomic E-state index is 6.37. The van der Waals surface area contributed by atoms with Gasteiger partial charge in [0.05, 0.1) is 21.2 Å². The van der Waals surface area contributed by atoms with Crippen LogP contribution in [-0.4, -0.2) is 11.5 Å². The minimum atomic E-state index is 0.673. The monoisotopic (exact) mass is 294 g/mol. The highest BCUT2D eigenvalue weighted by Crippen LogP contribution is 2.39. The van der Waals surface area contributed by atoms with Crippen LogP contribution in [0.3, 0.4) is 0 Å². The van der Waals surface area contributed by atoms with Crippen LogP contribution in [0.4, 0.5) is 5.69 Å². The van der Waals surface area contributed by atoms with Crippen molar-refractivity contribution >= 4 is 39.8 Å². The molecule has 2 aromatic rings. The summed E-state index contributed by atoms with van der Waals surface area (Å²) in [5.74, 6) is 0. The number of halogens is 2. The molecule has 0 unspecified atom stereocenters. The number of anilines is 1. The van der Waals surface area contributed by atoms with E-state index in [-0.39, 0.29) is 0 Å². The molecule has 0 saturated heterocycles. The molecule has 0 bridgehead atoms. The van der Waals surface area contributed by atoms with Crippen LogP contribution in [0.15, 0.2) is 12.1 Å². The van der Waals surface area contributed by atoms with Gasteiger partial charge in [0.1, 0.15) is 0 Å². The summed E-state index contributed by atoms with van der Waals surface area (Å²) in [5, 5.41) is 5.82. The van der Waals surface area contributed by atoms with E-state index in [4.69, 9.17) is 28.2 Å². The third kappa shape index (κ3) is 2.17. The van der Waals surface area contributed by atoms with Crippen molar-refractivity contribution in [3.05, 3.63) is 33.4 Å². The summed E-state index contributed by atoms with van der Waals surface area (Å²) in [6.07, 6.45) is 4.53. The molecule has 100 valence electrons. The number of nitrogens with one attached hydrogen (secondary N) is 1. The molecule has 19 heavy (non-hydrogen) atoms. The van der Waals surface area contributed by atoms with Gasteiger partial charge in [-0.15, -0.1) is 0 Å². The van der Waals surface area contributed by atoms with Crippen molar-refractivity contribution in [2.75, 3.05) is 11.9 Å². The smallest absolute Gasteiger partial charge is 0.0927 e. The highest BCUT2D eigenvalue weighted by molar-refractivity contribution is 6.41. The van der Waals surface area contributed by atoms with Crippen LogP contribution < -0.4 is 5.32 Å². The highest BCUT2D eigenvalue weighted by Gasteiger charge is 2.20. The predicted octanol–water partition coefficient (Wildman–Crippen LogP) is 4.85. The maximum Gasteiger partial charge on any atom is 0.0927 e. The quantitative estimate of drug-likeness (QED) is 0.856. The highest BCUT2D eigenvalue weighted by atomic mass is 35.5. The Morgan fingerprint density at radius 1 is 1.16 bits per heavy atom. The number of hydrogen-bond donors (Lipinski definition) is 1. The molecule has 1 aromatic carbocycles. The van der Waals surface area contributed by atoms with Crippen LogP contribution in [0.2, 0.25) is 10.0 Å². The Hall–Kier alpha value is -0.990. The molecule has 0 saturated carbocycles. The molecule has 0 atom stereocenters. The number of pyridine rings is 1. The molecule has 1 aromatic heterocycles. The Morgan fingerprint density at radius 2 is 1.89 bits per heavy atom. The fourth-order valence-corrected chi connectivity index (χ4v) is 3.27. The summed E-state index contributed by atoms with van der Waals surface area (Å²) in [6, 6.07) is 3.67. The van der Waals surface area contributed by atoms with E-state index in [1.54, 1.807) is 0 Å². The number of aromatic nitrogens is 1. The Balaban J connectivity index is 2.39. The van der Waals surface area contributed by atoms with E-state index in [2.05, 4.69) is 12.2 Å². The summed E-state index contributed by atoms with van der Waals surface area (Å²) in [7, 11) is 0. The van der Waals surface area contributed by atoms with Gasteiger partial charge in [0.25, 0.3) is 0 Å². The average Bonchev–Trinajstić information content (AvgIpc) is 2.43. The molecule has 2 nitrogen and oxygen atoms in total. The molecule has 0 spiro atoms. The van der Waals surface area contributed by atoms with Crippen molar-refractivity contribution in [2.45, 2.75) is 32.6 Å². The van der Waals surface area contributed by atoms with E-state index in [0.717, 1.165) is 41.0 Å². The number of aryl methyl sites for hydroxylation is 1. The van der Waals surface area contributed by atoms with Crippen LogP contribution >= 0.6 is 23.2 Å². The van der Waals surface area contributed by atoms with Gasteiger partial charge in [0.15, 0.2) is 0 Å². The summed E-state index contributed by atoms with van der Waals surface area (Å²) in [5.41, 5.74) is 4.46. The van der Waals surface area contributed by atoms with Gasteiger partial charge in [-0.25, -0.2) is 0 Å². The van der Waals surface area contributed by atoms with Gasteiger partial charge in [-0.05, 0) is 50.3 Å². The molecule has 0 amide bonds. The van der Waals surface area contributed by atoms with Crippen molar-refractivity contribution in [3.8, 4) is 0 Å². The van der Waals surface area contributed by atoms with Gasteiger partial charge in [0.2, 0.25) is 0 Å². The van der Waals surface area contributed by atoms with Gasteiger partial charge >= 0.3 is 0 Å². The first-order chi connectivity index (χ1) is 9.22. The molecule has 3 rings (SSSR count). The zero-order valence-corrected chi connectivity index (χ0v) is 12.4.